The SMILES string of the molecule is CC(=O)O[C@@H]1N=C(c2ccccc2Cl)c2cc(Cl)ccc2NC1=O. The van der Waals surface area contributed by atoms with Gasteiger partial charge in [-0.1, -0.05) is 41.4 Å². The number of esters is 1. The highest BCUT2D eigenvalue weighted by Crippen LogP contribution is 2.29. The fraction of sp³-hybridized carbons (Fsp3) is 0.118. The van der Waals surface area contributed by atoms with Gasteiger partial charge in [-0.25, -0.2) is 4.99 Å². The molecule has 0 aliphatic carbocycles. The van der Waals surface area contributed by atoms with Crippen molar-refractivity contribution in [3.05, 3.63) is 63.6 Å². The molecule has 24 heavy (non-hydrogen) atoms. The Morgan fingerprint density at radius 1 is 1.17 bits per heavy atom. The summed E-state index contributed by atoms with van der Waals surface area (Å²) in [5, 5.41) is 3.63. The Morgan fingerprint density at radius 2 is 1.92 bits per heavy atom. The summed E-state index contributed by atoms with van der Waals surface area (Å²) in [5.41, 5.74) is 2.13. The number of rotatable bonds is 2. The van der Waals surface area contributed by atoms with Crippen LogP contribution in [0.25, 0.3) is 0 Å². The van der Waals surface area contributed by atoms with Crippen LogP contribution < -0.4 is 5.32 Å². The monoisotopic (exact) mass is 362 g/mol. The van der Waals surface area contributed by atoms with Gasteiger partial charge in [0.25, 0.3) is 12.1 Å². The van der Waals surface area contributed by atoms with E-state index in [0.29, 0.717) is 32.6 Å². The number of benzene rings is 2. The van der Waals surface area contributed by atoms with Crippen LogP contribution in [-0.2, 0) is 14.3 Å². The summed E-state index contributed by atoms with van der Waals surface area (Å²) in [6.07, 6.45) is -1.31. The van der Waals surface area contributed by atoms with E-state index in [1.165, 1.54) is 6.92 Å². The fourth-order valence-corrected chi connectivity index (χ4v) is 2.76. The third kappa shape index (κ3) is 3.27. The van der Waals surface area contributed by atoms with Gasteiger partial charge in [0, 0.05) is 28.1 Å². The molecule has 0 saturated heterocycles. The van der Waals surface area contributed by atoms with Crippen molar-refractivity contribution in [3.63, 3.8) is 0 Å². The summed E-state index contributed by atoms with van der Waals surface area (Å²) in [5.74, 6) is -1.16. The van der Waals surface area contributed by atoms with Crippen molar-refractivity contribution in [1.29, 1.82) is 0 Å². The second-order valence-electron chi connectivity index (χ2n) is 5.10. The number of nitrogens with zero attached hydrogens (tertiary/aromatic N) is 1. The number of amides is 1. The number of nitrogens with one attached hydrogen (secondary N) is 1. The normalized spacial score (nSPS) is 16.5. The zero-order valence-corrected chi connectivity index (χ0v) is 14.1. The Kier molecular flexibility index (Phi) is 4.55. The highest BCUT2D eigenvalue weighted by atomic mass is 35.5. The number of halogens is 2. The van der Waals surface area contributed by atoms with E-state index in [1.54, 1.807) is 42.5 Å². The average Bonchev–Trinajstić information content (AvgIpc) is 2.65. The van der Waals surface area contributed by atoms with Crippen molar-refractivity contribution in [2.45, 2.75) is 13.2 Å². The summed E-state index contributed by atoms with van der Waals surface area (Å²) in [7, 11) is 0. The lowest BCUT2D eigenvalue weighted by Crippen LogP contribution is -2.29. The summed E-state index contributed by atoms with van der Waals surface area (Å²) < 4.78 is 5.02. The van der Waals surface area contributed by atoms with E-state index in [4.69, 9.17) is 27.9 Å². The molecule has 1 heterocycles. The zero-order valence-electron chi connectivity index (χ0n) is 12.5. The predicted molar refractivity (Wildman–Crippen MR) is 92.7 cm³/mol. The van der Waals surface area contributed by atoms with Crippen molar-refractivity contribution in [1.82, 2.24) is 0 Å². The number of carbonyl (C=O) groups is 2. The molecule has 0 unspecified atom stereocenters. The van der Waals surface area contributed by atoms with Gasteiger partial charge in [0.1, 0.15) is 0 Å². The Balaban J connectivity index is 2.23. The lowest BCUT2D eigenvalue weighted by Gasteiger charge is -2.11. The van der Waals surface area contributed by atoms with Gasteiger partial charge >= 0.3 is 5.97 Å². The van der Waals surface area contributed by atoms with Crippen LogP contribution in [0.1, 0.15) is 18.1 Å². The molecule has 0 spiro atoms. The summed E-state index contributed by atoms with van der Waals surface area (Å²) >= 11 is 12.4. The van der Waals surface area contributed by atoms with E-state index in [1.807, 2.05) is 0 Å². The summed E-state index contributed by atoms with van der Waals surface area (Å²) in [6.45, 7) is 1.22. The minimum atomic E-state index is -1.31. The van der Waals surface area contributed by atoms with E-state index in [0.717, 1.165) is 0 Å². The zero-order chi connectivity index (χ0) is 17.3. The maximum absolute atomic E-state index is 12.3. The van der Waals surface area contributed by atoms with Gasteiger partial charge < -0.3 is 10.1 Å². The molecule has 0 saturated carbocycles. The number of hydrogen-bond donors (Lipinski definition) is 1. The summed E-state index contributed by atoms with van der Waals surface area (Å²) in [6, 6.07) is 12.1. The molecule has 1 amide bonds. The topological polar surface area (TPSA) is 67.8 Å². The molecule has 0 fully saturated rings. The molecular formula is C17H12Cl2N2O3. The molecule has 2 aromatic carbocycles. The highest BCUT2D eigenvalue weighted by molar-refractivity contribution is 6.37. The average molecular weight is 363 g/mol. The molecule has 0 aromatic heterocycles. The minimum Gasteiger partial charge on any atom is -0.430 e. The van der Waals surface area contributed by atoms with Gasteiger partial charge in [-0.15, -0.1) is 0 Å². The van der Waals surface area contributed by atoms with Crippen molar-refractivity contribution < 1.29 is 14.3 Å². The molecule has 0 radical (unpaired) electrons. The molecule has 1 N–H and O–H groups in total. The molecular weight excluding hydrogens is 351 g/mol. The molecule has 1 atom stereocenters. The lowest BCUT2D eigenvalue weighted by atomic mass is 10.0. The van der Waals surface area contributed by atoms with Crippen molar-refractivity contribution >= 4 is 46.5 Å². The van der Waals surface area contributed by atoms with Gasteiger partial charge in [0.15, 0.2) is 0 Å². The Bertz CT molecular complexity index is 865. The standard InChI is InChI=1S/C17H12Cl2N2O3/c1-9(22)24-17-16(23)20-14-7-6-10(18)8-12(14)15(21-17)11-4-2-3-5-13(11)19/h2-8,17H,1H3,(H,20,23)/t17-/m0/s1. The minimum absolute atomic E-state index is 0.419. The van der Waals surface area contributed by atoms with Crippen LogP contribution in [-0.4, -0.2) is 23.8 Å². The van der Waals surface area contributed by atoms with Gasteiger partial charge in [-0.3, -0.25) is 9.59 Å². The van der Waals surface area contributed by atoms with E-state index >= 15 is 0 Å². The van der Waals surface area contributed by atoms with E-state index in [2.05, 4.69) is 10.3 Å². The number of anilines is 1. The maximum Gasteiger partial charge on any atom is 0.305 e. The van der Waals surface area contributed by atoms with Crippen LogP contribution in [0.4, 0.5) is 5.69 Å². The number of ether oxygens (including phenoxy) is 1. The first-order valence-electron chi connectivity index (χ1n) is 7.06. The largest absolute Gasteiger partial charge is 0.430 e. The van der Waals surface area contributed by atoms with Crippen molar-refractivity contribution in [2.24, 2.45) is 4.99 Å². The van der Waals surface area contributed by atoms with Gasteiger partial charge in [-0.05, 0) is 24.3 Å². The molecule has 2 aromatic rings. The number of benzodiazepines with no additional fused rings is 1. The predicted octanol–water partition coefficient (Wildman–Crippen LogP) is 3.67. The third-order valence-corrected chi connectivity index (χ3v) is 3.94. The second kappa shape index (κ2) is 6.63. The Hall–Kier alpha value is -2.37. The summed E-state index contributed by atoms with van der Waals surface area (Å²) in [4.78, 5) is 27.9. The molecule has 122 valence electrons. The van der Waals surface area contributed by atoms with Crippen molar-refractivity contribution in [2.75, 3.05) is 5.32 Å². The van der Waals surface area contributed by atoms with E-state index in [9.17, 15) is 9.59 Å². The number of fused-ring (bicyclic) bond motifs is 1. The lowest BCUT2D eigenvalue weighted by molar-refractivity contribution is -0.151. The van der Waals surface area contributed by atoms with Gasteiger partial charge in [-0.2, -0.15) is 0 Å². The first-order chi connectivity index (χ1) is 11.5. The second-order valence-corrected chi connectivity index (χ2v) is 5.94. The molecule has 3 rings (SSSR count). The smallest absolute Gasteiger partial charge is 0.305 e. The number of aliphatic imine (C=N–C) groups is 1. The first kappa shape index (κ1) is 16.5. The maximum atomic E-state index is 12.3. The molecule has 1 aliphatic heterocycles. The van der Waals surface area contributed by atoms with Crippen LogP contribution >= 0.6 is 23.2 Å². The van der Waals surface area contributed by atoms with Gasteiger partial charge in [0.2, 0.25) is 0 Å². The molecule has 7 heteroatoms. The van der Waals surface area contributed by atoms with Crippen LogP contribution in [0, 0.1) is 0 Å². The third-order valence-electron chi connectivity index (χ3n) is 3.37. The van der Waals surface area contributed by atoms with Crippen LogP contribution in [0.5, 0.6) is 0 Å². The first-order valence-corrected chi connectivity index (χ1v) is 7.82. The molecule has 5 nitrogen and oxygen atoms in total. The highest BCUT2D eigenvalue weighted by Gasteiger charge is 2.28. The number of carbonyl (C=O) groups excluding carboxylic acids is 2. The van der Waals surface area contributed by atoms with Crippen LogP contribution in [0.2, 0.25) is 10.0 Å². The quantitative estimate of drug-likeness (QED) is 0.828. The van der Waals surface area contributed by atoms with E-state index < -0.39 is 18.1 Å². The van der Waals surface area contributed by atoms with Crippen LogP contribution in [0.15, 0.2) is 47.5 Å². The van der Waals surface area contributed by atoms with E-state index in [-0.39, 0.29) is 0 Å². The molecule has 0 bridgehead atoms. The Morgan fingerprint density at radius 3 is 2.62 bits per heavy atom. The Labute approximate surface area is 148 Å². The fourth-order valence-electron chi connectivity index (χ4n) is 2.37. The van der Waals surface area contributed by atoms with Gasteiger partial charge in [0.05, 0.1) is 11.4 Å². The van der Waals surface area contributed by atoms with Crippen molar-refractivity contribution in [3.8, 4) is 0 Å². The number of hydrogen-bond acceptors (Lipinski definition) is 4. The van der Waals surface area contributed by atoms with Crippen LogP contribution in [0.3, 0.4) is 0 Å². The molecule has 1 aliphatic rings.